The van der Waals surface area contributed by atoms with E-state index in [0.29, 0.717) is 23.7 Å². The maximum Gasteiger partial charge on any atom is 0.232 e. The zero-order chi connectivity index (χ0) is 23.8. The van der Waals surface area contributed by atoms with E-state index in [2.05, 4.69) is 30.4 Å². The lowest BCUT2D eigenvalue weighted by Crippen LogP contribution is -2.44. The van der Waals surface area contributed by atoms with Crippen LogP contribution in [0.5, 0.6) is 0 Å². The highest BCUT2D eigenvalue weighted by atomic mass is 35.5. The molecule has 9 nitrogen and oxygen atoms in total. The molecule has 2 aliphatic heterocycles. The molecule has 2 saturated heterocycles. The van der Waals surface area contributed by atoms with Crippen molar-refractivity contribution in [2.24, 2.45) is 0 Å². The molecule has 6 rings (SSSR count). The Hall–Kier alpha value is -3.08. The summed E-state index contributed by atoms with van der Waals surface area (Å²) < 4.78 is 23.7. The third-order valence-corrected chi connectivity index (χ3v) is 7.20. The van der Waals surface area contributed by atoms with Crippen molar-refractivity contribution in [1.82, 2.24) is 34.3 Å². The number of ether oxygens (including phenoxy) is 1. The fraction of sp³-hybridized carbons (Fsp3) is 0.417. The topological polar surface area (TPSA) is 85.4 Å². The fourth-order valence-electron chi connectivity index (χ4n) is 5.03. The molecule has 35 heavy (non-hydrogen) atoms. The van der Waals surface area contributed by atoms with Crippen LogP contribution in [0, 0.1) is 5.82 Å². The Bertz CT molecular complexity index is 1310. The summed E-state index contributed by atoms with van der Waals surface area (Å²) in [6.45, 7) is 3.89. The lowest BCUT2D eigenvalue weighted by atomic mass is 10.00. The van der Waals surface area contributed by atoms with Gasteiger partial charge in [-0.1, -0.05) is 17.7 Å². The zero-order valence-corrected chi connectivity index (χ0v) is 19.9. The van der Waals surface area contributed by atoms with Crippen molar-refractivity contribution in [2.75, 3.05) is 31.6 Å². The third-order valence-electron chi connectivity index (χ3n) is 6.88. The molecule has 1 aromatic carbocycles. The first-order valence-electron chi connectivity index (χ1n) is 11.9. The molecular formula is C24H26ClFN8O. The maximum atomic E-state index is 14.5. The number of fused-ring (bicyclic) bond motifs is 1. The molecule has 0 amide bonds. The van der Waals surface area contributed by atoms with Crippen molar-refractivity contribution >= 4 is 28.9 Å². The van der Waals surface area contributed by atoms with Crippen molar-refractivity contribution in [3.8, 4) is 11.4 Å². The molecule has 182 valence electrons. The molecule has 1 N–H and O–H groups in total. The van der Waals surface area contributed by atoms with E-state index in [4.69, 9.17) is 16.3 Å². The summed E-state index contributed by atoms with van der Waals surface area (Å²) >= 11 is 6.27. The van der Waals surface area contributed by atoms with Gasteiger partial charge in [0, 0.05) is 44.6 Å². The molecule has 3 aromatic heterocycles. The molecule has 0 atom stereocenters. The van der Waals surface area contributed by atoms with Crippen molar-refractivity contribution in [3.05, 3.63) is 53.7 Å². The van der Waals surface area contributed by atoms with Crippen LogP contribution in [0.15, 0.2) is 42.9 Å². The first kappa shape index (κ1) is 22.4. The molecular weight excluding hydrogens is 471 g/mol. The molecule has 0 radical (unpaired) electrons. The highest BCUT2D eigenvalue weighted by Crippen LogP contribution is 2.30. The van der Waals surface area contributed by atoms with Gasteiger partial charge in [-0.15, -0.1) is 0 Å². The number of anilines is 2. The van der Waals surface area contributed by atoms with Gasteiger partial charge in [0.05, 0.1) is 34.7 Å². The standard InChI is InChI=1S/C24H26ClFN8O/c25-19-2-1-3-20(26)22(19)23-30-21-4-9-27-34(21)24(31-23)29-16-14-28-33(15-16)18-5-10-32(11-6-18)17-7-12-35-13-8-17/h1-4,9,14-15,17-18H,5-8,10-13H2,(H,29,30,31). The number of nitrogens with zero attached hydrogens (tertiary/aromatic N) is 7. The van der Waals surface area contributed by atoms with Crippen LogP contribution in [0.1, 0.15) is 31.7 Å². The lowest BCUT2D eigenvalue weighted by molar-refractivity contribution is 0.0212. The molecule has 0 bridgehead atoms. The van der Waals surface area contributed by atoms with Crippen molar-refractivity contribution in [2.45, 2.75) is 37.8 Å². The zero-order valence-electron chi connectivity index (χ0n) is 19.1. The van der Waals surface area contributed by atoms with E-state index in [1.165, 1.54) is 6.07 Å². The Balaban J connectivity index is 1.20. The summed E-state index contributed by atoms with van der Waals surface area (Å²) in [7, 11) is 0. The normalized spacial score (nSPS) is 18.3. The predicted octanol–water partition coefficient (Wildman–Crippen LogP) is 4.34. The lowest BCUT2D eigenvalue weighted by Gasteiger charge is -2.39. The van der Waals surface area contributed by atoms with Gasteiger partial charge in [-0.2, -0.15) is 19.7 Å². The van der Waals surface area contributed by atoms with Crippen LogP contribution in [-0.4, -0.2) is 66.6 Å². The van der Waals surface area contributed by atoms with Crippen LogP contribution < -0.4 is 5.32 Å². The molecule has 2 fully saturated rings. The predicted molar refractivity (Wildman–Crippen MR) is 130 cm³/mol. The average molecular weight is 497 g/mol. The number of aromatic nitrogens is 6. The van der Waals surface area contributed by atoms with E-state index >= 15 is 0 Å². The van der Waals surface area contributed by atoms with Gasteiger partial charge in [-0.25, -0.2) is 9.37 Å². The van der Waals surface area contributed by atoms with Gasteiger partial charge < -0.3 is 15.0 Å². The Morgan fingerprint density at radius 1 is 1.00 bits per heavy atom. The average Bonchev–Trinajstić information content (AvgIpc) is 3.55. The van der Waals surface area contributed by atoms with Gasteiger partial charge in [0.1, 0.15) is 5.82 Å². The summed E-state index contributed by atoms with van der Waals surface area (Å²) in [5.41, 5.74) is 1.47. The number of halogens is 2. The summed E-state index contributed by atoms with van der Waals surface area (Å²) in [6, 6.07) is 7.25. The molecule has 4 aromatic rings. The van der Waals surface area contributed by atoms with E-state index in [1.54, 1.807) is 35.1 Å². The second kappa shape index (κ2) is 9.52. The highest BCUT2D eigenvalue weighted by molar-refractivity contribution is 6.33. The number of hydrogen-bond acceptors (Lipinski definition) is 7. The quantitative estimate of drug-likeness (QED) is 0.440. The van der Waals surface area contributed by atoms with E-state index in [-0.39, 0.29) is 16.4 Å². The first-order valence-corrected chi connectivity index (χ1v) is 12.3. The van der Waals surface area contributed by atoms with Gasteiger partial charge in [0.25, 0.3) is 0 Å². The fourth-order valence-corrected chi connectivity index (χ4v) is 5.27. The summed E-state index contributed by atoms with van der Waals surface area (Å²) in [4.78, 5) is 11.6. The van der Waals surface area contributed by atoms with Crippen LogP contribution >= 0.6 is 11.6 Å². The van der Waals surface area contributed by atoms with E-state index in [0.717, 1.165) is 57.7 Å². The maximum absolute atomic E-state index is 14.5. The minimum Gasteiger partial charge on any atom is -0.381 e. The van der Waals surface area contributed by atoms with Gasteiger partial charge >= 0.3 is 0 Å². The Morgan fingerprint density at radius 2 is 1.83 bits per heavy atom. The molecule has 0 spiro atoms. The molecule has 5 heterocycles. The number of likely N-dealkylation sites (tertiary alicyclic amines) is 1. The van der Waals surface area contributed by atoms with Gasteiger partial charge in [0.2, 0.25) is 5.95 Å². The second-order valence-electron chi connectivity index (χ2n) is 9.01. The number of rotatable bonds is 5. The molecule has 0 saturated carbocycles. The highest BCUT2D eigenvalue weighted by Gasteiger charge is 2.27. The van der Waals surface area contributed by atoms with Crippen molar-refractivity contribution in [1.29, 1.82) is 0 Å². The van der Waals surface area contributed by atoms with Gasteiger partial charge in [-0.3, -0.25) is 4.68 Å². The monoisotopic (exact) mass is 496 g/mol. The molecule has 2 aliphatic rings. The number of hydrogen-bond donors (Lipinski definition) is 1. The Morgan fingerprint density at radius 3 is 2.63 bits per heavy atom. The van der Waals surface area contributed by atoms with E-state index < -0.39 is 5.82 Å². The van der Waals surface area contributed by atoms with Crippen molar-refractivity contribution < 1.29 is 9.13 Å². The van der Waals surface area contributed by atoms with Gasteiger partial charge in [-0.05, 0) is 37.8 Å². The SMILES string of the molecule is Fc1cccc(Cl)c1-c1nc(Nc2cnn(C3CCN(C4CCOCC4)CC3)c2)n2nccc2n1. The molecule has 0 unspecified atom stereocenters. The summed E-state index contributed by atoms with van der Waals surface area (Å²) in [5.74, 6) is 0.118. The van der Waals surface area contributed by atoms with Crippen LogP contribution in [0.2, 0.25) is 5.02 Å². The summed E-state index contributed by atoms with van der Waals surface area (Å²) in [6.07, 6.45) is 9.76. The van der Waals surface area contributed by atoms with Crippen LogP contribution in [0.25, 0.3) is 17.0 Å². The largest absolute Gasteiger partial charge is 0.381 e. The van der Waals surface area contributed by atoms with Gasteiger partial charge in [0.15, 0.2) is 11.5 Å². The minimum absolute atomic E-state index is 0.160. The Labute approximate surface area is 206 Å². The number of benzene rings is 1. The van der Waals surface area contributed by atoms with E-state index in [9.17, 15) is 4.39 Å². The van der Waals surface area contributed by atoms with Crippen LogP contribution in [-0.2, 0) is 4.74 Å². The smallest absolute Gasteiger partial charge is 0.232 e. The van der Waals surface area contributed by atoms with Crippen molar-refractivity contribution in [3.63, 3.8) is 0 Å². The minimum atomic E-state index is -0.479. The Kier molecular flexibility index (Phi) is 6.09. The second-order valence-corrected chi connectivity index (χ2v) is 9.42. The third kappa shape index (κ3) is 4.49. The first-order chi connectivity index (χ1) is 17.2. The summed E-state index contributed by atoms with van der Waals surface area (Å²) in [5, 5.41) is 12.4. The number of piperidine rings is 1. The van der Waals surface area contributed by atoms with Crippen LogP contribution in [0.3, 0.4) is 0 Å². The van der Waals surface area contributed by atoms with Crippen LogP contribution in [0.4, 0.5) is 16.0 Å². The van der Waals surface area contributed by atoms with E-state index in [1.807, 2.05) is 10.9 Å². The molecule has 0 aliphatic carbocycles. The molecule has 11 heteroatoms. The number of nitrogens with one attached hydrogen (secondary N) is 1.